The summed E-state index contributed by atoms with van der Waals surface area (Å²) in [5, 5.41) is 0. The quantitative estimate of drug-likeness (QED) is 0.791. The standard InChI is InChI=1S/C16H20O2S/c1-3-16(12(2)13-9-10-14(16)11-13)19(17,18)15-7-5-4-6-8-15/h4-8,13-14H,2-3,9-11H2,1H3/t13-,14+,16+/m1/s1. The van der Waals surface area contributed by atoms with Crippen molar-refractivity contribution in [2.75, 3.05) is 0 Å². The van der Waals surface area contributed by atoms with Gasteiger partial charge >= 0.3 is 0 Å². The topological polar surface area (TPSA) is 34.1 Å². The maximum atomic E-state index is 13.1. The fourth-order valence-electron chi connectivity index (χ4n) is 4.24. The fourth-order valence-corrected chi connectivity index (χ4v) is 6.72. The van der Waals surface area contributed by atoms with Crippen molar-refractivity contribution in [1.29, 1.82) is 0 Å². The first kappa shape index (κ1) is 12.9. The molecule has 2 fully saturated rings. The van der Waals surface area contributed by atoms with Gasteiger partial charge in [-0.05, 0) is 49.7 Å². The minimum Gasteiger partial charge on any atom is -0.223 e. The Balaban J connectivity index is 2.16. The molecule has 0 N–H and O–H groups in total. The Kier molecular flexibility index (Phi) is 2.86. The molecule has 0 radical (unpaired) electrons. The Morgan fingerprint density at radius 3 is 2.47 bits per heavy atom. The van der Waals surface area contributed by atoms with Crippen LogP contribution in [0.5, 0.6) is 0 Å². The van der Waals surface area contributed by atoms with E-state index in [1.54, 1.807) is 24.3 Å². The highest BCUT2D eigenvalue weighted by Gasteiger charge is 2.60. The van der Waals surface area contributed by atoms with Gasteiger partial charge in [0.2, 0.25) is 0 Å². The van der Waals surface area contributed by atoms with Gasteiger partial charge in [0.15, 0.2) is 9.84 Å². The van der Waals surface area contributed by atoms with E-state index in [9.17, 15) is 8.42 Å². The number of fused-ring (bicyclic) bond motifs is 2. The molecule has 0 unspecified atom stereocenters. The highest BCUT2D eigenvalue weighted by atomic mass is 32.2. The average molecular weight is 276 g/mol. The van der Waals surface area contributed by atoms with E-state index in [4.69, 9.17) is 0 Å². The summed E-state index contributed by atoms with van der Waals surface area (Å²) in [5.74, 6) is 0.684. The molecule has 0 aromatic heterocycles. The molecule has 19 heavy (non-hydrogen) atoms. The zero-order chi connectivity index (χ0) is 13.7. The molecule has 102 valence electrons. The molecule has 2 saturated carbocycles. The number of hydrogen-bond acceptors (Lipinski definition) is 2. The second kappa shape index (κ2) is 4.20. The SMILES string of the molecule is C=C1[C@@H]2CC[C@@H](C2)[C@@]1(CC)S(=O)(=O)c1ccccc1. The van der Waals surface area contributed by atoms with Crippen molar-refractivity contribution in [2.45, 2.75) is 42.2 Å². The number of benzene rings is 1. The smallest absolute Gasteiger partial charge is 0.188 e. The Hall–Kier alpha value is -1.09. The predicted octanol–water partition coefficient (Wildman–Crippen LogP) is 3.60. The Morgan fingerprint density at radius 2 is 1.95 bits per heavy atom. The van der Waals surface area contributed by atoms with E-state index in [2.05, 4.69) is 6.58 Å². The van der Waals surface area contributed by atoms with Crippen LogP contribution in [0.2, 0.25) is 0 Å². The summed E-state index contributed by atoms with van der Waals surface area (Å²) in [6.07, 6.45) is 3.81. The predicted molar refractivity (Wildman–Crippen MR) is 76.6 cm³/mol. The van der Waals surface area contributed by atoms with Crippen molar-refractivity contribution in [1.82, 2.24) is 0 Å². The van der Waals surface area contributed by atoms with E-state index in [1.165, 1.54) is 0 Å². The van der Waals surface area contributed by atoms with Gasteiger partial charge in [0, 0.05) is 0 Å². The van der Waals surface area contributed by atoms with Crippen molar-refractivity contribution in [3.63, 3.8) is 0 Å². The maximum absolute atomic E-state index is 13.1. The van der Waals surface area contributed by atoms with Crippen LogP contribution >= 0.6 is 0 Å². The van der Waals surface area contributed by atoms with Crippen LogP contribution in [0.4, 0.5) is 0 Å². The molecule has 0 saturated heterocycles. The van der Waals surface area contributed by atoms with E-state index in [0.717, 1.165) is 24.8 Å². The zero-order valence-electron chi connectivity index (χ0n) is 11.3. The molecule has 2 aliphatic rings. The third-order valence-electron chi connectivity index (χ3n) is 5.19. The molecule has 3 atom stereocenters. The molecule has 0 spiro atoms. The monoisotopic (exact) mass is 276 g/mol. The molecule has 1 aromatic rings. The minimum absolute atomic E-state index is 0.264. The third kappa shape index (κ3) is 1.51. The molecular formula is C16H20O2S. The summed E-state index contributed by atoms with van der Waals surface area (Å²) < 4.78 is 25.5. The van der Waals surface area contributed by atoms with Crippen LogP contribution in [0.1, 0.15) is 32.6 Å². The molecule has 3 rings (SSSR count). The Morgan fingerprint density at radius 1 is 1.26 bits per heavy atom. The molecule has 0 amide bonds. The number of hydrogen-bond donors (Lipinski definition) is 0. The van der Waals surface area contributed by atoms with Crippen LogP contribution in [0, 0.1) is 11.8 Å². The lowest BCUT2D eigenvalue weighted by atomic mass is 9.82. The van der Waals surface area contributed by atoms with Gasteiger partial charge in [-0.3, -0.25) is 0 Å². The minimum atomic E-state index is -3.33. The van der Waals surface area contributed by atoms with Gasteiger partial charge in [-0.2, -0.15) is 0 Å². The second-order valence-corrected chi connectivity index (χ2v) is 8.00. The van der Waals surface area contributed by atoms with E-state index in [0.29, 0.717) is 17.2 Å². The van der Waals surface area contributed by atoms with Gasteiger partial charge in [0.1, 0.15) is 4.75 Å². The average Bonchev–Trinajstić information content (AvgIpc) is 3.00. The first-order valence-electron chi connectivity index (χ1n) is 7.03. The first-order valence-corrected chi connectivity index (χ1v) is 8.51. The lowest BCUT2D eigenvalue weighted by Gasteiger charge is -2.38. The first-order chi connectivity index (χ1) is 9.04. The molecule has 2 aliphatic carbocycles. The summed E-state index contributed by atoms with van der Waals surface area (Å²) in [5.41, 5.74) is 0.968. The normalized spacial score (nSPS) is 33.8. The van der Waals surface area contributed by atoms with Gasteiger partial charge in [0.05, 0.1) is 4.90 Å². The van der Waals surface area contributed by atoms with Crippen LogP contribution in [-0.4, -0.2) is 13.2 Å². The zero-order valence-corrected chi connectivity index (χ0v) is 12.1. The molecule has 2 bridgehead atoms. The lowest BCUT2D eigenvalue weighted by Crippen LogP contribution is -2.44. The van der Waals surface area contributed by atoms with Crippen molar-refractivity contribution in [3.8, 4) is 0 Å². The van der Waals surface area contributed by atoms with E-state index in [-0.39, 0.29) is 5.92 Å². The Bertz CT molecular complexity index is 603. The van der Waals surface area contributed by atoms with Crippen LogP contribution in [0.3, 0.4) is 0 Å². The van der Waals surface area contributed by atoms with Gasteiger partial charge in [0.25, 0.3) is 0 Å². The number of rotatable bonds is 3. The number of sulfone groups is 1. The van der Waals surface area contributed by atoms with Crippen molar-refractivity contribution in [3.05, 3.63) is 42.5 Å². The molecule has 2 nitrogen and oxygen atoms in total. The highest BCUT2D eigenvalue weighted by Crippen LogP contribution is 2.59. The van der Waals surface area contributed by atoms with Gasteiger partial charge in [-0.1, -0.05) is 37.3 Å². The lowest BCUT2D eigenvalue weighted by molar-refractivity contribution is 0.405. The van der Waals surface area contributed by atoms with Crippen molar-refractivity contribution in [2.24, 2.45) is 11.8 Å². The van der Waals surface area contributed by atoms with Crippen LogP contribution in [0.25, 0.3) is 0 Å². The van der Waals surface area contributed by atoms with E-state index in [1.807, 2.05) is 13.0 Å². The molecule has 0 aliphatic heterocycles. The van der Waals surface area contributed by atoms with Crippen LogP contribution in [-0.2, 0) is 9.84 Å². The molecule has 0 heterocycles. The summed E-state index contributed by atoms with van der Waals surface area (Å²) in [6.45, 7) is 6.17. The van der Waals surface area contributed by atoms with Crippen molar-refractivity contribution >= 4 is 9.84 Å². The largest absolute Gasteiger partial charge is 0.223 e. The summed E-state index contributed by atoms with van der Waals surface area (Å²) in [6, 6.07) is 8.88. The van der Waals surface area contributed by atoms with Crippen LogP contribution in [0.15, 0.2) is 47.4 Å². The highest BCUT2D eigenvalue weighted by molar-refractivity contribution is 7.93. The molecule has 1 aromatic carbocycles. The van der Waals surface area contributed by atoms with E-state index >= 15 is 0 Å². The summed E-state index contributed by atoms with van der Waals surface area (Å²) in [4.78, 5) is 0.450. The van der Waals surface area contributed by atoms with Gasteiger partial charge in [-0.15, -0.1) is 0 Å². The van der Waals surface area contributed by atoms with Crippen LogP contribution < -0.4 is 0 Å². The fraction of sp³-hybridized carbons (Fsp3) is 0.500. The molecule has 3 heteroatoms. The van der Waals surface area contributed by atoms with Gasteiger partial charge < -0.3 is 0 Å². The third-order valence-corrected chi connectivity index (χ3v) is 7.92. The molecular weight excluding hydrogens is 256 g/mol. The Labute approximate surface area is 115 Å². The van der Waals surface area contributed by atoms with Crippen molar-refractivity contribution < 1.29 is 8.42 Å². The maximum Gasteiger partial charge on any atom is 0.188 e. The van der Waals surface area contributed by atoms with E-state index < -0.39 is 14.6 Å². The second-order valence-electron chi connectivity index (χ2n) is 5.79. The van der Waals surface area contributed by atoms with Gasteiger partial charge in [-0.25, -0.2) is 8.42 Å². The summed E-state index contributed by atoms with van der Waals surface area (Å²) in [7, 11) is -3.33. The summed E-state index contributed by atoms with van der Waals surface area (Å²) >= 11 is 0.